The predicted molar refractivity (Wildman–Crippen MR) is 56.5 cm³/mol. The van der Waals surface area contributed by atoms with E-state index < -0.39 is 17.7 Å². The first-order valence-corrected chi connectivity index (χ1v) is 5.37. The summed E-state index contributed by atoms with van der Waals surface area (Å²) in [5, 5.41) is 0. The van der Waals surface area contributed by atoms with Crippen molar-refractivity contribution in [3.63, 3.8) is 0 Å². The molecule has 0 N–H and O–H groups in total. The number of ether oxygens (including phenoxy) is 4. The SMILES string of the molecule is CCOC1=C(OCC)C(C)(OC(C)=O)OC1=O. The minimum Gasteiger partial charge on any atom is -0.487 e. The molecule has 0 aromatic heterocycles. The lowest BCUT2D eigenvalue weighted by molar-refractivity contribution is -0.208. The van der Waals surface area contributed by atoms with E-state index in [4.69, 9.17) is 18.9 Å². The van der Waals surface area contributed by atoms with Gasteiger partial charge in [0, 0.05) is 13.8 Å². The Morgan fingerprint density at radius 2 is 1.88 bits per heavy atom. The standard InChI is InChI=1S/C11H16O6/c1-5-14-8-9(15-6-2)11(4,16-7(3)12)17-10(8)13/h5-6H2,1-4H3. The summed E-state index contributed by atoms with van der Waals surface area (Å²) in [5.41, 5.74) is 0. The number of hydrogen-bond donors (Lipinski definition) is 0. The van der Waals surface area contributed by atoms with Gasteiger partial charge in [-0.25, -0.2) is 4.79 Å². The third-order valence-electron chi connectivity index (χ3n) is 2.01. The van der Waals surface area contributed by atoms with Crippen molar-refractivity contribution in [2.24, 2.45) is 0 Å². The van der Waals surface area contributed by atoms with Gasteiger partial charge < -0.3 is 18.9 Å². The lowest BCUT2D eigenvalue weighted by atomic mass is 10.2. The number of rotatable bonds is 5. The van der Waals surface area contributed by atoms with Crippen LogP contribution in [0.15, 0.2) is 11.5 Å². The zero-order chi connectivity index (χ0) is 13.1. The molecule has 0 fully saturated rings. The molecule has 0 amide bonds. The van der Waals surface area contributed by atoms with Crippen LogP contribution >= 0.6 is 0 Å². The molecule has 1 aliphatic heterocycles. The van der Waals surface area contributed by atoms with E-state index in [0.717, 1.165) is 0 Å². The van der Waals surface area contributed by atoms with Gasteiger partial charge in [0.25, 0.3) is 5.76 Å². The number of esters is 2. The molecule has 0 saturated heterocycles. The number of carbonyl (C=O) groups excluding carboxylic acids is 2. The molecule has 0 saturated carbocycles. The van der Waals surface area contributed by atoms with E-state index in [0.29, 0.717) is 6.61 Å². The first kappa shape index (κ1) is 13.3. The highest BCUT2D eigenvalue weighted by molar-refractivity contribution is 5.90. The summed E-state index contributed by atoms with van der Waals surface area (Å²) in [5.74, 6) is -2.75. The summed E-state index contributed by atoms with van der Waals surface area (Å²) in [6, 6.07) is 0. The Morgan fingerprint density at radius 1 is 1.29 bits per heavy atom. The van der Waals surface area contributed by atoms with Crippen LogP contribution in [0.25, 0.3) is 0 Å². The molecule has 17 heavy (non-hydrogen) atoms. The lowest BCUT2D eigenvalue weighted by Crippen LogP contribution is -2.34. The van der Waals surface area contributed by atoms with Crippen LogP contribution in [0.1, 0.15) is 27.7 Å². The van der Waals surface area contributed by atoms with Crippen molar-refractivity contribution in [1.29, 1.82) is 0 Å². The molecule has 1 heterocycles. The summed E-state index contributed by atoms with van der Waals surface area (Å²) < 4.78 is 20.4. The monoisotopic (exact) mass is 244 g/mol. The van der Waals surface area contributed by atoms with Crippen LogP contribution in [0.2, 0.25) is 0 Å². The van der Waals surface area contributed by atoms with Gasteiger partial charge >= 0.3 is 17.7 Å². The molecule has 0 radical (unpaired) electrons. The smallest absolute Gasteiger partial charge is 0.381 e. The molecule has 6 heteroatoms. The van der Waals surface area contributed by atoms with E-state index >= 15 is 0 Å². The average Bonchev–Trinajstić information content (AvgIpc) is 2.41. The molecule has 0 spiro atoms. The molecule has 1 unspecified atom stereocenters. The molecule has 1 aliphatic rings. The van der Waals surface area contributed by atoms with E-state index in [1.54, 1.807) is 13.8 Å². The maximum Gasteiger partial charge on any atom is 0.381 e. The van der Waals surface area contributed by atoms with Crippen LogP contribution < -0.4 is 0 Å². The Balaban J connectivity index is 3.07. The molecule has 96 valence electrons. The second-order valence-electron chi connectivity index (χ2n) is 3.45. The summed E-state index contributed by atoms with van der Waals surface area (Å²) >= 11 is 0. The van der Waals surface area contributed by atoms with Crippen LogP contribution in [-0.4, -0.2) is 30.9 Å². The zero-order valence-corrected chi connectivity index (χ0v) is 10.4. The minimum absolute atomic E-state index is 0.0434. The van der Waals surface area contributed by atoms with Gasteiger partial charge in [0.1, 0.15) is 0 Å². The van der Waals surface area contributed by atoms with Crippen molar-refractivity contribution in [3.05, 3.63) is 11.5 Å². The molecule has 1 atom stereocenters. The summed E-state index contributed by atoms with van der Waals surface area (Å²) in [6.45, 7) is 6.72. The zero-order valence-electron chi connectivity index (χ0n) is 10.4. The van der Waals surface area contributed by atoms with Crippen LogP contribution in [-0.2, 0) is 28.5 Å². The van der Waals surface area contributed by atoms with E-state index in [1.807, 2.05) is 0 Å². The minimum atomic E-state index is -1.54. The van der Waals surface area contributed by atoms with Gasteiger partial charge in [0.15, 0.2) is 0 Å². The van der Waals surface area contributed by atoms with Gasteiger partial charge in [0.05, 0.1) is 13.2 Å². The Hall–Kier alpha value is -1.72. The fraction of sp³-hybridized carbons (Fsp3) is 0.636. The van der Waals surface area contributed by atoms with E-state index in [1.165, 1.54) is 13.8 Å². The van der Waals surface area contributed by atoms with Gasteiger partial charge in [-0.05, 0) is 13.8 Å². The lowest BCUT2D eigenvalue weighted by Gasteiger charge is -2.24. The van der Waals surface area contributed by atoms with Crippen LogP contribution in [0, 0.1) is 0 Å². The maximum absolute atomic E-state index is 11.6. The average molecular weight is 244 g/mol. The quantitative estimate of drug-likeness (QED) is 0.674. The van der Waals surface area contributed by atoms with Crippen molar-refractivity contribution < 1.29 is 28.5 Å². The topological polar surface area (TPSA) is 71.1 Å². The highest BCUT2D eigenvalue weighted by Gasteiger charge is 2.50. The molecule has 0 aliphatic carbocycles. The Kier molecular flexibility index (Phi) is 3.98. The summed E-state index contributed by atoms with van der Waals surface area (Å²) in [7, 11) is 0. The maximum atomic E-state index is 11.6. The van der Waals surface area contributed by atoms with Crippen LogP contribution in [0.5, 0.6) is 0 Å². The van der Waals surface area contributed by atoms with Crippen molar-refractivity contribution in [3.8, 4) is 0 Å². The van der Waals surface area contributed by atoms with E-state index in [2.05, 4.69) is 0 Å². The van der Waals surface area contributed by atoms with Crippen molar-refractivity contribution in [2.75, 3.05) is 13.2 Å². The highest BCUT2D eigenvalue weighted by atomic mass is 16.8. The Bertz CT molecular complexity index is 359. The summed E-state index contributed by atoms with van der Waals surface area (Å²) in [4.78, 5) is 22.6. The Labute approximate surface area is 99.5 Å². The molecule has 0 aromatic rings. The molecular weight excluding hydrogens is 228 g/mol. The molecule has 0 aromatic carbocycles. The predicted octanol–water partition coefficient (Wildman–Crippen LogP) is 1.11. The van der Waals surface area contributed by atoms with Crippen molar-refractivity contribution in [2.45, 2.75) is 33.5 Å². The van der Waals surface area contributed by atoms with E-state index in [9.17, 15) is 9.59 Å². The largest absolute Gasteiger partial charge is 0.487 e. The van der Waals surface area contributed by atoms with Gasteiger partial charge in [0.2, 0.25) is 5.76 Å². The summed E-state index contributed by atoms with van der Waals surface area (Å²) in [6.07, 6.45) is 0. The molecule has 6 nitrogen and oxygen atoms in total. The Morgan fingerprint density at radius 3 is 2.35 bits per heavy atom. The van der Waals surface area contributed by atoms with Crippen LogP contribution in [0.4, 0.5) is 0 Å². The molecular formula is C11H16O6. The molecule has 1 rings (SSSR count). The van der Waals surface area contributed by atoms with Crippen molar-refractivity contribution >= 4 is 11.9 Å². The normalized spacial score (nSPS) is 23.4. The fourth-order valence-electron chi connectivity index (χ4n) is 1.52. The van der Waals surface area contributed by atoms with Gasteiger partial charge in [-0.3, -0.25) is 4.79 Å². The third kappa shape index (κ3) is 2.69. The highest BCUT2D eigenvalue weighted by Crippen LogP contribution is 2.35. The fourth-order valence-corrected chi connectivity index (χ4v) is 1.52. The van der Waals surface area contributed by atoms with Crippen LogP contribution in [0.3, 0.4) is 0 Å². The second-order valence-corrected chi connectivity index (χ2v) is 3.45. The van der Waals surface area contributed by atoms with Crippen molar-refractivity contribution in [1.82, 2.24) is 0 Å². The first-order chi connectivity index (χ1) is 7.94. The second kappa shape index (κ2) is 5.07. The number of carbonyl (C=O) groups is 2. The third-order valence-corrected chi connectivity index (χ3v) is 2.01. The van der Waals surface area contributed by atoms with Gasteiger partial charge in [-0.15, -0.1) is 0 Å². The van der Waals surface area contributed by atoms with Gasteiger partial charge in [-0.2, -0.15) is 0 Å². The number of cyclic esters (lactones) is 1. The van der Waals surface area contributed by atoms with E-state index in [-0.39, 0.29) is 18.1 Å². The number of hydrogen-bond acceptors (Lipinski definition) is 6. The first-order valence-electron chi connectivity index (χ1n) is 5.37. The molecule has 0 bridgehead atoms. The van der Waals surface area contributed by atoms with Gasteiger partial charge in [-0.1, -0.05) is 0 Å².